The van der Waals surface area contributed by atoms with Crippen molar-refractivity contribution in [2.75, 3.05) is 7.11 Å². The minimum Gasteiger partial charge on any atom is -0.501 e. The SMILES string of the molecule is COC1=CC2=CC[C@H]3[C@@H]4CC[C@H](/C(C)=C/CCC(C)C)[C@@]4(C)CC[C@@H]3[C@@]2(C)CC1. The third-order valence-corrected chi connectivity index (χ3v) is 9.75. The van der Waals surface area contributed by atoms with Crippen LogP contribution in [0.15, 0.2) is 35.1 Å². The van der Waals surface area contributed by atoms with Crippen molar-refractivity contribution in [3.8, 4) is 0 Å². The summed E-state index contributed by atoms with van der Waals surface area (Å²) in [7, 11) is 1.84. The maximum atomic E-state index is 5.61. The lowest BCUT2D eigenvalue weighted by Crippen LogP contribution is -2.49. The van der Waals surface area contributed by atoms with Gasteiger partial charge in [0.1, 0.15) is 0 Å². The highest BCUT2D eigenvalue weighted by molar-refractivity contribution is 5.36. The van der Waals surface area contributed by atoms with Crippen molar-refractivity contribution < 1.29 is 4.74 Å². The van der Waals surface area contributed by atoms with E-state index in [9.17, 15) is 0 Å². The van der Waals surface area contributed by atoms with Gasteiger partial charge in [0.05, 0.1) is 12.9 Å². The van der Waals surface area contributed by atoms with Gasteiger partial charge in [-0.15, -0.1) is 0 Å². The molecule has 0 unspecified atom stereocenters. The molecule has 0 aromatic carbocycles. The number of hydrogen-bond donors (Lipinski definition) is 0. The summed E-state index contributed by atoms with van der Waals surface area (Å²) in [6.45, 7) is 12.4. The molecule has 0 spiro atoms. The molecule has 0 N–H and O–H groups in total. The Bertz CT molecular complexity index is 710. The van der Waals surface area contributed by atoms with Crippen LogP contribution >= 0.6 is 0 Å². The number of methoxy groups -OCH3 is 1. The van der Waals surface area contributed by atoms with E-state index in [0.29, 0.717) is 10.8 Å². The number of hydrogen-bond acceptors (Lipinski definition) is 1. The van der Waals surface area contributed by atoms with Crippen molar-refractivity contribution in [2.45, 2.75) is 92.4 Å². The number of ether oxygens (including phenoxy) is 1. The van der Waals surface area contributed by atoms with Crippen molar-refractivity contribution in [1.29, 1.82) is 0 Å². The number of allylic oxidation sites excluding steroid dienone is 6. The molecule has 4 aliphatic carbocycles. The summed E-state index contributed by atoms with van der Waals surface area (Å²) in [6.07, 6.45) is 19.6. The Labute approximate surface area is 180 Å². The summed E-state index contributed by atoms with van der Waals surface area (Å²) in [5.74, 6) is 5.52. The normalized spacial score (nSPS) is 42.0. The molecule has 0 bridgehead atoms. The molecule has 2 saturated carbocycles. The van der Waals surface area contributed by atoms with E-state index in [2.05, 4.69) is 52.8 Å². The first kappa shape index (κ1) is 21.3. The Morgan fingerprint density at radius 2 is 1.97 bits per heavy atom. The van der Waals surface area contributed by atoms with Gasteiger partial charge < -0.3 is 4.74 Å². The molecule has 4 aliphatic rings. The van der Waals surface area contributed by atoms with Crippen molar-refractivity contribution in [3.05, 3.63) is 35.1 Å². The van der Waals surface area contributed by atoms with Crippen LogP contribution in [-0.2, 0) is 4.74 Å². The van der Waals surface area contributed by atoms with E-state index in [1.165, 1.54) is 57.1 Å². The van der Waals surface area contributed by atoms with Gasteiger partial charge in [-0.05, 0) is 110 Å². The van der Waals surface area contributed by atoms with Crippen molar-refractivity contribution in [2.24, 2.45) is 40.4 Å². The van der Waals surface area contributed by atoms with Crippen LogP contribution in [-0.4, -0.2) is 7.11 Å². The van der Waals surface area contributed by atoms with Crippen LogP contribution in [0.3, 0.4) is 0 Å². The molecule has 29 heavy (non-hydrogen) atoms. The second-order valence-electron chi connectivity index (χ2n) is 11.6. The second-order valence-corrected chi connectivity index (χ2v) is 11.6. The first-order valence-corrected chi connectivity index (χ1v) is 12.4. The van der Waals surface area contributed by atoms with Gasteiger partial charge in [-0.25, -0.2) is 0 Å². The first-order valence-electron chi connectivity index (χ1n) is 12.4. The largest absolute Gasteiger partial charge is 0.501 e. The minimum absolute atomic E-state index is 0.381. The molecule has 1 heteroatoms. The predicted octanol–water partition coefficient (Wildman–Crippen LogP) is 8.09. The lowest BCUT2D eigenvalue weighted by Gasteiger charge is -2.57. The van der Waals surface area contributed by atoms with E-state index >= 15 is 0 Å². The lowest BCUT2D eigenvalue weighted by atomic mass is 9.48. The highest BCUT2D eigenvalue weighted by Crippen LogP contribution is 2.66. The van der Waals surface area contributed by atoms with E-state index in [0.717, 1.165) is 36.0 Å². The van der Waals surface area contributed by atoms with Crippen LogP contribution in [0.2, 0.25) is 0 Å². The number of fused-ring (bicyclic) bond motifs is 5. The highest BCUT2D eigenvalue weighted by Gasteiger charge is 2.58. The molecule has 0 aromatic rings. The van der Waals surface area contributed by atoms with Gasteiger partial charge in [-0.1, -0.05) is 45.4 Å². The summed E-state index contributed by atoms with van der Waals surface area (Å²) in [6, 6.07) is 0. The summed E-state index contributed by atoms with van der Waals surface area (Å²) in [5, 5.41) is 0. The van der Waals surface area contributed by atoms with Gasteiger partial charge in [-0.2, -0.15) is 0 Å². The van der Waals surface area contributed by atoms with Crippen LogP contribution in [0.4, 0.5) is 0 Å². The Hall–Kier alpha value is -0.980. The van der Waals surface area contributed by atoms with Crippen LogP contribution < -0.4 is 0 Å². The summed E-state index contributed by atoms with van der Waals surface area (Å²) >= 11 is 0. The third kappa shape index (κ3) is 3.55. The fraction of sp³-hybridized carbons (Fsp3) is 0.786. The average molecular weight is 397 g/mol. The molecule has 2 fully saturated rings. The topological polar surface area (TPSA) is 9.23 Å². The van der Waals surface area contributed by atoms with Crippen LogP contribution in [0.25, 0.3) is 0 Å². The molecule has 0 saturated heterocycles. The van der Waals surface area contributed by atoms with Gasteiger partial charge in [0.15, 0.2) is 0 Å². The smallest absolute Gasteiger partial charge is 0.0958 e. The lowest BCUT2D eigenvalue weighted by molar-refractivity contribution is -0.0318. The van der Waals surface area contributed by atoms with Gasteiger partial charge in [0.25, 0.3) is 0 Å². The van der Waals surface area contributed by atoms with Crippen LogP contribution in [0, 0.1) is 40.4 Å². The van der Waals surface area contributed by atoms with Crippen LogP contribution in [0.1, 0.15) is 92.4 Å². The zero-order valence-electron chi connectivity index (χ0n) is 19.9. The molecule has 0 heterocycles. The number of rotatable bonds is 5. The molecule has 0 radical (unpaired) electrons. The Balaban J connectivity index is 1.55. The van der Waals surface area contributed by atoms with E-state index in [1.807, 2.05) is 7.11 Å². The van der Waals surface area contributed by atoms with Crippen molar-refractivity contribution in [3.63, 3.8) is 0 Å². The zero-order chi connectivity index (χ0) is 20.8. The molecule has 162 valence electrons. The zero-order valence-corrected chi connectivity index (χ0v) is 19.9. The van der Waals surface area contributed by atoms with Gasteiger partial charge in [0.2, 0.25) is 0 Å². The van der Waals surface area contributed by atoms with Crippen molar-refractivity contribution in [1.82, 2.24) is 0 Å². The van der Waals surface area contributed by atoms with Gasteiger partial charge >= 0.3 is 0 Å². The Morgan fingerprint density at radius 3 is 2.69 bits per heavy atom. The molecule has 4 rings (SSSR count). The molecule has 0 amide bonds. The highest BCUT2D eigenvalue weighted by atomic mass is 16.5. The van der Waals surface area contributed by atoms with Crippen molar-refractivity contribution >= 4 is 0 Å². The molecule has 1 nitrogen and oxygen atoms in total. The predicted molar refractivity (Wildman–Crippen MR) is 123 cm³/mol. The van der Waals surface area contributed by atoms with Crippen LogP contribution in [0.5, 0.6) is 0 Å². The third-order valence-electron chi connectivity index (χ3n) is 9.75. The molecule has 0 aromatic heterocycles. The van der Waals surface area contributed by atoms with Gasteiger partial charge in [-0.3, -0.25) is 0 Å². The van der Waals surface area contributed by atoms with E-state index < -0.39 is 0 Å². The van der Waals surface area contributed by atoms with E-state index in [1.54, 1.807) is 11.1 Å². The molecular formula is C28H44O. The Morgan fingerprint density at radius 1 is 1.17 bits per heavy atom. The maximum Gasteiger partial charge on any atom is 0.0958 e. The standard InChI is InChI=1S/C28H44O/c1-19(2)8-7-9-20(3)24-12-13-25-23-11-10-21-18-22(29-6)14-16-27(21,4)26(23)15-17-28(24,25)5/h9-10,18-19,23-26H,7-8,11-17H2,1-6H3/b20-9+/t23-,24+,25-,26-,27-,28+/m0/s1. The Kier molecular flexibility index (Phi) is 5.82. The van der Waals surface area contributed by atoms with Gasteiger partial charge in [0, 0.05) is 6.42 Å². The molecule has 6 atom stereocenters. The molecular weight excluding hydrogens is 352 g/mol. The minimum atomic E-state index is 0.381. The first-order chi connectivity index (χ1) is 13.8. The van der Waals surface area contributed by atoms with E-state index in [4.69, 9.17) is 4.74 Å². The monoisotopic (exact) mass is 396 g/mol. The quantitative estimate of drug-likeness (QED) is 0.427. The summed E-state index contributed by atoms with van der Waals surface area (Å²) in [5.41, 5.74) is 4.21. The fourth-order valence-electron chi connectivity index (χ4n) is 8.00. The fourth-order valence-corrected chi connectivity index (χ4v) is 8.00. The molecule has 0 aliphatic heterocycles. The average Bonchev–Trinajstić information content (AvgIpc) is 3.04. The maximum absolute atomic E-state index is 5.61. The van der Waals surface area contributed by atoms with E-state index in [-0.39, 0.29) is 0 Å². The summed E-state index contributed by atoms with van der Waals surface area (Å²) in [4.78, 5) is 0. The summed E-state index contributed by atoms with van der Waals surface area (Å²) < 4.78 is 5.61. The second kappa shape index (κ2) is 7.93.